The number of carbonyl (C=O) groups excluding carboxylic acids is 1. The second-order valence-electron chi connectivity index (χ2n) is 5.48. The highest BCUT2D eigenvalue weighted by atomic mass is 35.5. The van der Waals surface area contributed by atoms with Crippen LogP contribution in [0.4, 0.5) is 5.69 Å². The summed E-state index contributed by atoms with van der Waals surface area (Å²) in [4.78, 5) is 12.0. The number of benzene rings is 1. The first-order chi connectivity index (χ1) is 9.97. The number of hydrogen-bond donors (Lipinski definition) is 2. The highest BCUT2D eigenvalue weighted by Gasteiger charge is 2.15. The molecule has 0 spiro atoms. The fourth-order valence-corrected chi connectivity index (χ4v) is 2.06. The SMILES string of the molecule is Cc1ccc(NC(=O)[C@@H](N)CC(C)C)cc1-n1cnnn1.Cl. The third-order valence-electron chi connectivity index (χ3n) is 3.13. The minimum absolute atomic E-state index is 0. The second-order valence-corrected chi connectivity index (χ2v) is 5.48. The number of amides is 1. The van der Waals surface area contributed by atoms with E-state index in [0.717, 1.165) is 11.3 Å². The number of nitrogens with zero attached hydrogens (tertiary/aromatic N) is 4. The van der Waals surface area contributed by atoms with Crippen LogP contribution in [0.5, 0.6) is 0 Å². The highest BCUT2D eigenvalue weighted by molar-refractivity contribution is 5.94. The summed E-state index contributed by atoms with van der Waals surface area (Å²) in [5, 5.41) is 13.9. The van der Waals surface area contributed by atoms with E-state index in [4.69, 9.17) is 5.73 Å². The third kappa shape index (κ3) is 4.51. The number of rotatable bonds is 5. The van der Waals surface area contributed by atoms with Crippen LogP contribution in [0, 0.1) is 12.8 Å². The average molecular weight is 325 g/mol. The molecule has 1 heterocycles. The van der Waals surface area contributed by atoms with E-state index >= 15 is 0 Å². The molecule has 7 nitrogen and oxygen atoms in total. The minimum atomic E-state index is -0.511. The van der Waals surface area contributed by atoms with Gasteiger partial charge in [0, 0.05) is 5.69 Å². The van der Waals surface area contributed by atoms with Gasteiger partial charge in [-0.05, 0) is 47.4 Å². The number of carbonyl (C=O) groups is 1. The van der Waals surface area contributed by atoms with E-state index in [1.807, 2.05) is 39.0 Å². The average Bonchev–Trinajstić information content (AvgIpc) is 2.94. The Morgan fingerprint density at radius 1 is 1.41 bits per heavy atom. The number of hydrogen-bond acceptors (Lipinski definition) is 5. The zero-order valence-electron chi connectivity index (χ0n) is 12.9. The monoisotopic (exact) mass is 324 g/mol. The van der Waals surface area contributed by atoms with Gasteiger partial charge in [-0.3, -0.25) is 4.79 Å². The number of nitrogens with one attached hydrogen (secondary N) is 1. The summed E-state index contributed by atoms with van der Waals surface area (Å²) in [5.41, 5.74) is 8.38. The number of aromatic nitrogens is 4. The number of halogens is 1. The van der Waals surface area contributed by atoms with Crippen LogP contribution < -0.4 is 11.1 Å². The maximum Gasteiger partial charge on any atom is 0.241 e. The van der Waals surface area contributed by atoms with Gasteiger partial charge >= 0.3 is 0 Å². The molecule has 8 heteroatoms. The molecule has 2 rings (SSSR count). The van der Waals surface area contributed by atoms with Gasteiger partial charge in [-0.15, -0.1) is 17.5 Å². The molecule has 0 aliphatic heterocycles. The van der Waals surface area contributed by atoms with E-state index in [2.05, 4.69) is 20.8 Å². The van der Waals surface area contributed by atoms with Crippen LogP contribution in [-0.2, 0) is 4.79 Å². The van der Waals surface area contributed by atoms with Crippen molar-refractivity contribution in [2.24, 2.45) is 11.7 Å². The summed E-state index contributed by atoms with van der Waals surface area (Å²) in [6.45, 7) is 6.02. The van der Waals surface area contributed by atoms with Crippen molar-refractivity contribution in [1.82, 2.24) is 20.2 Å². The summed E-state index contributed by atoms with van der Waals surface area (Å²) >= 11 is 0. The first kappa shape index (κ1) is 18.1. The van der Waals surface area contributed by atoms with Crippen molar-refractivity contribution in [1.29, 1.82) is 0 Å². The maximum absolute atomic E-state index is 12.0. The number of tetrazole rings is 1. The van der Waals surface area contributed by atoms with Crippen molar-refractivity contribution in [3.8, 4) is 5.69 Å². The lowest BCUT2D eigenvalue weighted by Gasteiger charge is -2.15. The zero-order chi connectivity index (χ0) is 15.4. The Morgan fingerprint density at radius 2 is 2.14 bits per heavy atom. The smallest absolute Gasteiger partial charge is 0.241 e. The van der Waals surface area contributed by atoms with Crippen LogP contribution in [0.25, 0.3) is 5.69 Å². The Hall–Kier alpha value is -1.99. The predicted octanol–water partition coefficient (Wildman–Crippen LogP) is 1.70. The molecule has 1 aromatic heterocycles. The molecule has 0 bridgehead atoms. The van der Waals surface area contributed by atoms with E-state index in [0.29, 0.717) is 18.0 Å². The molecule has 0 aliphatic rings. The van der Waals surface area contributed by atoms with Crippen LogP contribution in [0.15, 0.2) is 24.5 Å². The largest absolute Gasteiger partial charge is 0.325 e. The van der Waals surface area contributed by atoms with Crippen molar-refractivity contribution in [2.75, 3.05) is 5.32 Å². The lowest BCUT2D eigenvalue weighted by molar-refractivity contribution is -0.117. The second kappa shape index (κ2) is 7.86. The Balaban J connectivity index is 0.00000242. The Kier molecular flexibility index (Phi) is 6.45. The quantitative estimate of drug-likeness (QED) is 0.872. The molecule has 22 heavy (non-hydrogen) atoms. The first-order valence-corrected chi connectivity index (χ1v) is 6.88. The van der Waals surface area contributed by atoms with Gasteiger partial charge in [-0.1, -0.05) is 19.9 Å². The molecule has 1 atom stereocenters. The van der Waals surface area contributed by atoms with Gasteiger partial charge < -0.3 is 11.1 Å². The Bertz CT molecular complexity index is 614. The fourth-order valence-electron chi connectivity index (χ4n) is 2.06. The van der Waals surface area contributed by atoms with Crippen molar-refractivity contribution in [3.63, 3.8) is 0 Å². The van der Waals surface area contributed by atoms with Crippen molar-refractivity contribution in [2.45, 2.75) is 33.2 Å². The number of aryl methyl sites for hydroxylation is 1. The summed E-state index contributed by atoms with van der Waals surface area (Å²) in [6, 6.07) is 5.05. The van der Waals surface area contributed by atoms with E-state index in [9.17, 15) is 4.79 Å². The minimum Gasteiger partial charge on any atom is -0.325 e. The maximum atomic E-state index is 12.0. The first-order valence-electron chi connectivity index (χ1n) is 6.88. The lowest BCUT2D eigenvalue weighted by atomic mass is 10.0. The molecule has 2 aromatic rings. The third-order valence-corrected chi connectivity index (χ3v) is 3.13. The Morgan fingerprint density at radius 3 is 2.73 bits per heavy atom. The van der Waals surface area contributed by atoms with Gasteiger partial charge in [0.2, 0.25) is 5.91 Å². The number of anilines is 1. The van der Waals surface area contributed by atoms with Crippen LogP contribution in [0.1, 0.15) is 25.8 Å². The molecule has 0 radical (unpaired) electrons. The van der Waals surface area contributed by atoms with Gasteiger partial charge in [-0.2, -0.15) is 0 Å². The lowest BCUT2D eigenvalue weighted by Crippen LogP contribution is -2.36. The standard InChI is InChI=1S/C14H20N6O.ClH/c1-9(2)6-12(15)14(21)17-11-5-4-10(3)13(7-11)20-8-16-18-19-20;/h4-5,7-9,12H,6,15H2,1-3H3,(H,17,21);1H/t12-;/m0./s1. The van der Waals surface area contributed by atoms with Crippen molar-refractivity contribution in [3.05, 3.63) is 30.1 Å². The fraction of sp³-hybridized carbons (Fsp3) is 0.429. The van der Waals surface area contributed by atoms with Crippen molar-refractivity contribution >= 4 is 24.0 Å². The van der Waals surface area contributed by atoms with Gasteiger partial charge in [0.25, 0.3) is 0 Å². The van der Waals surface area contributed by atoms with Gasteiger partial charge in [0.15, 0.2) is 0 Å². The molecule has 1 aromatic carbocycles. The van der Waals surface area contributed by atoms with Gasteiger partial charge in [0.1, 0.15) is 6.33 Å². The molecular formula is C14H21ClN6O. The number of nitrogens with two attached hydrogens (primary N) is 1. The molecule has 1 amide bonds. The zero-order valence-corrected chi connectivity index (χ0v) is 13.7. The summed E-state index contributed by atoms with van der Waals surface area (Å²) in [5.74, 6) is 0.191. The van der Waals surface area contributed by atoms with E-state index in [1.165, 1.54) is 6.33 Å². The molecular weight excluding hydrogens is 304 g/mol. The van der Waals surface area contributed by atoms with Gasteiger partial charge in [-0.25, -0.2) is 4.68 Å². The Labute approximate surface area is 135 Å². The summed E-state index contributed by atoms with van der Waals surface area (Å²) in [7, 11) is 0. The molecule has 0 unspecified atom stereocenters. The van der Waals surface area contributed by atoms with Crippen LogP contribution >= 0.6 is 12.4 Å². The van der Waals surface area contributed by atoms with Crippen LogP contribution in [0.2, 0.25) is 0 Å². The molecule has 0 aliphatic carbocycles. The topological polar surface area (TPSA) is 98.7 Å². The van der Waals surface area contributed by atoms with Crippen molar-refractivity contribution < 1.29 is 4.79 Å². The highest BCUT2D eigenvalue weighted by Crippen LogP contribution is 2.18. The normalized spacial score (nSPS) is 11.9. The molecule has 0 saturated carbocycles. The van der Waals surface area contributed by atoms with Gasteiger partial charge in [0.05, 0.1) is 11.7 Å². The summed E-state index contributed by atoms with van der Waals surface area (Å²) < 4.78 is 1.55. The molecule has 120 valence electrons. The van der Waals surface area contributed by atoms with E-state index in [-0.39, 0.29) is 18.3 Å². The van der Waals surface area contributed by atoms with E-state index < -0.39 is 6.04 Å². The predicted molar refractivity (Wildman–Crippen MR) is 87.2 cm³/mol. The summed E-state index contributed by atoms with van der Waals surface area (Å²) in [6.07, 6.45) is 2.16. The molecule has 3 N–H and O–H groups in total. The van der Waals surface area contributed by atoms with E-state index in [1.54, 1.807) is 4.68 Å². The van der Waals surface area contributed by atoms with Crippen LogP contribution in [-0.4, -0.2) is 32.2 Å². The van der Waals surface area contributed by atoms with Crippen LogP contribution in [0.3, 0.4) is 0 Å². The molecule has 0 saturated heterocycles. The molecule has 0 fully saturated rings.